The highest BCUT2D eigenvalue weighted by Gasteiger charge is 2.15. The highest BCUT2D eigenvalue weighted by Crippen LogP contribution is 2.18. The molecule has 1 rings (SSSR count). The summed E-state index contributed by atoms with van der Waals surface area (Å²) in [7, 11) is 0. The molecule has 2 atom stereocenters. The van der Waals surface area contributed by atoms with E-state index in [4.69, 9.17) is 0 Å². The van der Waals surface area contributed by atoms with E-state index in [0.717, 1.165) is 12.5 Å². The lowest BCUT2D eigenvalue weighted by Gasteiger charge is -2.23. The van der Waals surface area contributed by atoms with Gasteiger partial charge in [0.15, 0.2) is 0 Å². The summed E-state index contributed by atoms with van der Waals surface area (Å²) in [6.45, 7) is 7.97. The summed E-state index contributed by atoms with van der Waals surface area (Å²) < 4.78 is 0. The summed E-state index contributed by atoms with van der Waals surface area (Å²) in [5.74, 6) is 0.770. The monoisotopic (exact) mass is 225 g/mol. The second kappa shape index (κ2) is 7.02. The van der Waals surface area contributed by atoms with Crippen LogP contribution in [0.1, 0.15) is 39.2 Å². The number of nitrogens with one attached hydrogen (secondary N) is 1. The van der Waals surface area contributed by atoms with Crippen molar-refractivity contribution in [3.05, 3.63) is 22.4 Å². The van der Waals surface area contributed by atoms with Crippen LogP contribution < -0.4 is 5.32 Å². The molecule has 86 valence electrons. The molecule has 0 aliphatic rings. The molecule has 1 N–H and O–H groups in total. The molecule has 2 unspecified atom stereocenters. The fourth-order valence-corrected chi connectivity index (χ4v) is 2.61. The van der Waals surface area contributed by atoms with Gasteiger partial charge in [-0.15, -0.1) is 0 Å². The number of hydrogen-bond acceptors (Lipinski definition) is 2. The molecule has 0 aliphatic heterocycles. The summed E-state index contributed by atoms with van der Waals surface area (Å²) >= 11 is 1.80. The van der Waals surface area contributed by atoms with Crippen molar-refractivity contribution in [3.63, 3.8) is 0 Å². The van der Waals surface area contributed by atoms with E-state index < -0.39 is 0 Å². The highest BCUT2D eigenvalue weighted by molar-refractivity contribution is 7.07. The standard InChI is InChI=1S/C13H23NS/c1-4-7-14-11(3)13(5-2)9-12-6-8-15-10-12/h6,8,10-11,13-14H,4-5,7,9H2,1-3H3. The van der Waals surface area contributed by atoms with Crippen LogP contribution in [0.15, 0.2) is 16.8 Å². The molecule has 0 bridgehead atoms. The fourth-order valence-electron chi connectivity index (χ4n) is 1.92. The molecular formula is C13H23NS. The molecule has 1 aromatic heterocycles. The highest BCUT2D eigenvalue weighted by atomic mass is 32.1. The van der Waals surface area contributed by atoms with Crippen molar-refractivity contribution >= 4 is 11.3 Å². The Morgan fingerprint density at radius 3 is 2.73 bits per heavy atom. The maximum absolute atomic E-state index is 3.60. The van der Waals surface area contributed by atoms with Crippen LogP contribution in [0, 0.1) is 5.92 Å². The fraction of sp³-hybridized carbons (Fsp3) is 0.692. The van der Waals surface area contributed by atoms with Gasteiger partial charge in [0.05, 0.1) is 0 Å². The van der Waals surface area contributed by atoms with Crippen LogP contribution in [-0.4, -0.2) is 12.6 Å². The molecular weight excluding hydrogens is 202 g/mol. The molecule has 0 aromatic carbocycles. The first-order valence-corrected chi connectivity index (χ1v) is 6.96. The Bertz CT molecular complexity index is 243. The number of thiophene rings is 1. The van der Waals surface area contributed by atoms with Crippen molar-refractivity contribution < 1.29 is 0 Å². The van der Waals surface area contributed by atoms with Crippen molar-refractivity contribution in [1.82, 2.24) is 5.32 Å². The third-order valence-electron chi connectivity index (χ3n) is 3.03. The van der Waals surface area contributed by atoms with Crippen molar-refractivity contribution in [3.8, 4) is 0 Å². The van der Waals surface area contributed by atoms with E-state index in [-0.39, 0.29) is 0 Å². The molecule has 0 aliphatic carbocycles. The van der Waals surface area contributed by atoms with E-state index in [0.29, 0.717) is 6.04 Å². The molecule has 0 fully saturated rings. The Balaban J connectivity index is 2.40. The van der Waals surface area contributed by atoms with Gasteiger partial charge in [-0.3, -0.25) is 0 Å². The minimum Gasteiger partial charge on any atom is -0.314 e. The molecule has 0 spiro atoms. The van der Waals surface area contributed by atoms with Crippen LogP contribution >= 0.6 is 11.3 Å². The Labute approximate surface area is 97.9 Å². The molecule has 0 saturated carbocycles. The summed E-state index contributed by atoms with van der Waals surface area (Å²) in [6, 6.07) is 2.88. The second-order valence-corrected chi connectivity index (χ2v) is 5.03. The Hall–Kier alpha value is -0.340. The minimum atomic E-state index is 0.634. The van der Waals surface area contributed by atoms with Crippen LogP contribution in [0.2, 0.25) is 0 Å². The van der Waals surface area contributed by atoms with Gasteiger partial charge < -0.3 is 5.32 Å². The van der Waals surface area contributed by atoms with Gasteiger partial charge in [-0.05, 0) is 54.6 Å². The van der Waals surface area contributed by atoms with E-state index in [2.05, 4.69) is 42.9 Å². The van der Waals surface area contributed by atoms with Crippen LogP contribution in [0.3, 0.4) is 0 Å². The van der Waals surface area contributed by atoms with Crippen molar-refractivity contribution in [1.29, 1.82) is 0 Å². The first-order valence-electron chi connectivity index (χ1n) is 6.02. The average Bonchev–Trinajstić information content (AvgIpc) is 2.75. The molecule has 0 saturated heterocycles. The Morgan fingerprint density at radius 2 is 2.20 bits per heavy atom. The lowest BCUT2D eigenvalue weighted by Crippen LogP contribution is -2.34. The quantitative estimate of drug-likeness (QED) is 0.746. The maximum atomic E-state index is 3.60. The van der Waals surface area contributed by atoms with Gasteiger partial charge in [-0.25, -0.2) is 0 Å². The summed E-state index contributed by atoms with van der Waals surface area (Å²) in [5, 5.41) is 8.04. The average molecular weight is 225 g/mol. The zero-order chi connectivity index (χ0) is 11.1. The Morgan fingerprint density at radius 1 is 1.40 bits per heavy atom. The van der Waals surface area contributed by atoms with E-state index >= 15 is 0 Å². The number of rotatable bonds is 7. The summed E-state index contributed by atoms with van der Waals surface area (Å²) in [4.78, 5) is 0. The van der Waals surface area contributed by atoms with Crippen molar-refractivity contribution in [2.24, 2.45) is 5.92 Å². The third-order valence-corrected chi connectivity index (χ3v) is 3.76. The van der Waals surface area contributed by atoms with Gasteiger partial charge in [0.2, 0.25) is 0 Å². The Kier molecular flexibility index (Phi) is 5.96. The molecule has 1 heterocycles. The first-order chi connectivity index (χ1) is 7.27. The van der Waals surface area contributed by atoms with Crippen LogP contribution in [0.4, 0.5) is 0 Å². The molecule has 1 aromatic rings. The largest absolute Gasteiger partial charge is 0.314 e. The van der Waals surface area contributed by atoms with Gasteiger partial charge in [0, 0.05) is 6.04 Å². The summed E-state index contributed by atoms with van der Waals surface area (Å²) in [6.07, 6.45) is 3.70. The van der Waals surface area contributed by atoms with Gasteiger partial charge in [-0.1, -0.05) is 20.3 Å². The van der Waals surface area contributed by atoms with Gasteiger partial charge in [0.1, 0.15) is 0 Å². The minimum absolute atomic E-state index is 0.634. The predicted octanol–water partition coefficient (Wildman–Crippen LogP) is 3.70. The van der Waals surface area contributed by atoms with Crippen molar-refractivity contribution in [2.75, 3.05) is 6.54 Å². The van der Waals surface area contributed by atoms with Gasteiger partial charge in [-0.2, -0.15) is 11.3 Å². The third kappa shape index (κ3) is 4.35. The normalized spacial score (nSPS) is 15.1. The molecule has 1 nitrogen and oxygen atoms in total. The predicted molar refractivity (Wildman–Crippen MR) is 69.6 cm³/mol. The maximum Gasteiger partial charge on any atom is 0.00700 e. The van der Waals surface area contributed by atoms with Crippen LogP contribution in [0.25, 0.3) is 0 Å². The molecule has 0 radical (unpaired) electrons. The van der Waals surface area contributed by atoms with Crippen molar-refractivity contribution in [2.45, 2.75) is 46.1 Å². The second-order valence-electron chi connectivity index (χ2n) is 4.25. The zero-order valence-corrected chi connectivity index (χ0v) is 10.9. The molecule has 15 heavy (non-hydrogen) atoms. The van der Waals surface area contributed by atoms with Gasteiger partial charge >= 0.3 is 0 Å². The SMILES string of the molecule is CCCNC(C)C(CC)Cc1ccsc1. The lowest BCUT2D eigenvalue weighted by atomic mass is 9.92. The smallest absolute Gasteiger partial charge is 0.00700 e. The summed E-state index contributed by atoms with van der Waals surface area (Å²) in [5.41, 5.74) is 1.50. The topological polar surface area (TPSA) is 12.0 Å². The molecule has 2 heteroatoms. The van der Waals surface area contributed by atoms with Gasteiger partial charge in [0.25, 0.3) is 0 Å². The van der Waals surface area contributed by atoms with E-state index in [1.54, 1.807) is 11.3 Å². The molecule has 0 amide bonds. The van der Waals surface area contributed by atoms with E-state index in [9.17, 15) is 0 Å². The van der Waals surface area contributed by atoms with Crippen LogP contribution in [-0.2, 0) is 6.42 Å². The zero-order valence-electron chi connectivity index (χ0n) is 10.1. The van der Waals surface area contributed by atoms with E-state index in [1.165, 1.54) is 24.8 Å². The number of hydrogen-bond donors (Lipinski definition) is 1. The van der Waals surface area contributed by atoms with Crippen LogP contribution in [0.5, 0.6) is 0 Å². The van der Waals surface area contributed by atoms with E-state index in [1.807, 2.05) is 0 Å². The lowest BCUT2D eigenvalue weighted by molar-refractivity contribution is 0.362. The first kappa shape index (κ1) is 12.7.